The van der Waals surface area contributed by atoms with Crippen molar-refractivity contribution in [3.05, 3.63) is 129 Å². The van der Waals surface area contributed by atoms with Gasteiger partial charge in [0.1, 0.15) is 17.6 Å². The Morgan fingerprint density at radius 3 is 2.61 bits per heavy atom. The number of hydrogen-bond acceptors (Lipinski definition) is 7. The highest BCUT2D eigenvalue weighted by molar-refractivity contribution is 5.98. The molecule has 0 fully saturated rings. The number of para-hydroxylation sites is 1. The number of fused-ring (bicyclic) bond motifs is 1. The topological polar surface area (TPSA) is 88.1 Å². The van der Waals surface area contributed by atoms with E-state index >= 15 is 0 Å². The zero-order chi connectivity index (χ0) is 28.3. The van der Waals surface area contributed by atoms with Crippen LogP contribution in [0.3, 0.4) is 0 Å². The highest BCUT2D eigenvalue weighted by atomic mass is 16.7. The van der Waals surface area contributed by atoms with Gasteiger partial charge in [-0.1, -0.05) is 68.4 Å². The van der Waals surface area contributed by atoms with Crippen LogP contribution in [0.1, 0.15) is 47.9 Å². The number of benzene rings is 3. The van der Waals surface area contributed by atoms with Crippen LogP contribution in [-0.2, 0) is 22.3 Å². The molecule has 41 heavy (non-hydrogen) atoms. The first-order chi connectivity index (χ1) is 20.0. The molecule has 0 bridgehead atoms. The summed E-state index contributed by atoms with van der Waals surface area (Å²) in [5.41, 5.74) is 3.63. The smallest absolute Gasteiger partial charge is 0.244 e. The summed E-state index contributed by atoms with van der Waals surface area (Å²) < 4.78 is 18.7. The lowest BCUT2D eigenvalue weighted by Gasteiger charge is -2.33. The van der Waals surface area contributed by atoms with Gasteiger partial charge < -0.3 is 18.8 Å². The molecule has 0 saturated carbocycles. The predicted octanol–water partition coefficient (Wildman–Crippen LogP) is 6.12. The first-order valence-electron chi connectivity index (χ1n) is 13.9. The van der Waals surface area contributed by atoms with Crippen LogP contribution in [0.4, 0.5) is 0 Å². The van der Waals surface area contributed by atoms with E-state index in [2.05, 4.69) is 36.9 Å². The molecule has 2 aliphatic heterocycles. The molecule has 0 N–H and O–H groups in total. The van der Waals surface area contributed by atoms with Gasteiger partial charge in [0, 0.05) is 24.9 Å². The molecule has 206 valence electrons. The largest absolute Gasteiger partial charge is 0.458 e. The standard InChI is InChI=1S/C34H31N3O4/c1-22(2)31(37-16-15-36-34(37)29-21-39-30(40-29)19-23-9-4-3-5-10-23)33-27(18-24-11-8-12-25(17-24)20-35)32(38)26-13-6-7-14-28(26)41-33/h3-14,17,21-22,30-31H,15-16,18-19H2,1-2H3. The summed E-state index contributed by atoms with van der Waals surface area (Å²) in [6.45, 7) is 5.49. The molecule has 6 rings (SSSR count). The van der Waals surface area contributed by atoms with Gasteiger partial charge in [-0.3, -0.25) is 9.79 Å². The molecular formula is C34H31N3O4. The average molecular weight is 546 g/mol. The Morgan fingerprint density at radius 1 is 1.02 bits per heavy atom. The third-order valence-electron chi connectivity index (χ3n) is 7.52. The van der Waals surface area contributed by atoms with E-state index in [1.54, 1.807) is 18.4 Å². The van der Waals surface area contributed by atoms with E-state index in [0.717, 1.165) is 11.1 Å². The van der Waals surface area contributed by atoms with Crippen molar-refractivity contribution in [2.75, 3.05) is 13.1 Å². The van der Waals surface area contributed by atoms with Gasteiger partial charge in [0.2, 0.25) is 12.0 Å². The van der Waals surface area contributed by atoms with Gasteiger partial charge in [0.25, 0.3) is 0 Å². The first kappa shape index (κ1) is 26.4. The molecule has 0 saturated heterocycles. The second-order valence-electron chi connectivity index (χ2n) is 10.7. The molecule has 3 heterocycles. The molecule has 0 spiro atoms. The lowest BCUT2D eigenvalue weighted by molar-refractivity contribution is -0.0263. The lowest BCUT2D eigenvalue weighted by Crippen LogP contribution is -2.37. The summed E-state index contributed by atoms with van der Waals surface area (Å²) in [5, 5.41) is 9.98. The third kappa shape index (κ3) is 5.33. The van der Waals surface area contributed by atoms with Crippen LogP contribution >= 0.6 is 0 Å². The van der Waals surface area contributed by atoms with Gasteiger partial charge in [0.05, 0.1) is 29.6 Å². The quantitative estimate of drug-likeness (QED) is 0.265. The van der Waals surface area contributed by atoms with E-state index in [9.17, 15) is 10.1 Å². The van der Waals surface area contributed by atoms with Crippen molar-refractivity contribution in [3.63, 3.8) is 0 Å². The molecule has 0 radical (unpaired) electrons. The van der Waals surface area contributed by atoms with Crippen molar-refractivity contribution in [2.24, 2.45) is 10.9 Å². The van der Waals surface area contributed by atoms with Crippen molar-refractivity contribution in [2.45, 2.75) is 39.0 Å². The molecule has 2 aliphatic rings. The maximum Gasteiger partial charge on any atom is 0.244 e. The van der Waals surface area contributed by atoms with Crippen molar-refractivity contribution in [1.29, 1.82) is 5.26 Å². The van der Waals surface area contributed by atoms with Crippen LogP contribution < -0.4 is 5.43 Å². The molecule has 4 aromatic rings. The van der Waals surface area contributed by atoms with Crippen LogP contribution in [0.15, 0.2) is 105 Å². The van der Waals surface area contributed by atoms with E-state index < -0.39 is 6.29 Å². The monoisotopic (exact) mass is 545 g/mol. The van der Waals surface area contributed by atoms with Crippen molar-refractivity contribution >= 4 is 16.8 Å². The number of nitriles is 1. The minimum Gasteiger partial charge on any atom is -0.458 e. The van der Waals surface area contributed by atoms with Crippen molar-refractivity contribution < 1.29 is 13.9 Å². The summed E-state index contributed by atoms with van der Waals surface area (Å²) in [5.74, 6) is 1.98. The first-order valence-corrected chi connectivity index (χ1v) is 13.9. The summed E-state index contributed by atoms with van der Waals surface area (Å²) >= 11 is 0. The molecule has 3 aromatic carbocycles. The minimum atomic E-state index is -0.434. The molecule has 2 unspecified atom stereocenters. The van der Waals surface area contributed by atoms with Gasteiger partial charge in [-0.25, -0.2) is 0 Å². The van der Waals surface area contributed by atoms with E-state index in [1.807, 2.05) is 54.6 Å². The molecule has 2 atom stereocenters. The van der Waals surface area contributed by atoms with E-state index in [4.69, 9.17) is 18.9 Å². The van der Waals surface area contributed by atoms with Crippen LogP contribution in [-0.4, -0.2) is 30.1 Å². The molecule has 1 aromatic heterocycles. The number of ether oxygens (including phenoxy) is 2. The van der Waals surface area contributed by atoms with Crippen LogP contribution in [0.25, 0.3) is 11.0 Å². The Balaban J connectivity index is 1.36. The van der Waals surface area contributed by atoms with Crippen LogP contribution in [0.2, 0.25) is 0 Å². The van der Waals surface area contributed by atoms with Crippen molar-refractivity contribution in [1.82, 2.24) is 4.90 Å². The van der Waals surface area contributed by atoms with E-state index in [-0.39, 0.29) is 17.4 Å². The minimum absolute atomic E-state index is 0.0601. The molecular weight excluding hydrogens is 514 g/mol. The molecule has 7 nitrogen and oxygen atoms in total. The zero-order valence-electron chi connectivity index (χ0n) is 23.1. The number of amidine groups is 1. The maximum absolute atomic E-state index is 14.0. The number of nitrogens with zero attached hydrogens (tertiary/aromatic N) is 3. The predicted molar refractivity (Wildman–Crippen MR) is 157 cm³/mol. The Labute approximate surface area is 239 Å². The fourth-order valence-corrected chi connectivity index (χ4v) is 5.65. The zero-order valence-corrected chi connectivity index (χ0v) is 23.1. The second kappa shape index (κ2) is 11.3. The average Bonchev–Trinajstić information content (AvgIpc) is 3.65. The summed E-state index contributed by atoms with van der Waals surface area (Å²) in [6, 6.07) is 26.7. The molecule has 7 heteroatoms. The van der Waals surface area contributed by atoms with Gasteiger partial charge in [0.15, 0.2) is 11.3 Å². The van der Waals surface area contributed by atoms with Gasteiger partial charge in [-0.05, 0) is 41.3 Å². The highest BCUT2D eigenvalue weighted by Crippen LogP contribution is 2.36. The van der Waals surface area contributed by atoms with Crippen LogP contribution in [0, 0.1) is 17.2 Å². The Hall–Kier alpha value is -4.83. The SMILES string of the molecule is CC(C)C(c1oc2ccccc2c(=O)c1Cc1cccc(C#N)c1)N1CCN=C1C1=COC(Cc2ccccc2)O1. The molecule has 0 amide bonds. The lowest BCUT2D eigenvalue weighted by atomic mass is 9.92. The highest BCUT2D eigenvalue weighted by Gasteiger charge is 2.38. The number of hydrogen-bond donors (Lipinski definition) is 0. The van der Waals surface area contributed by atoms with E-state index in [1.165, 1.54) is 0 Å². The second-order valence-corrected chi connectivity index (χ2v) is 10.7. The van der Waals surface area contributed by atoms with Gasteiger partial charge in [-0.2, -0.15) is 5.26 Å². The summed E-state index contributed by atoms with van der Waals surface area (Å²) in [7, 11) is 0. The third-order valence-corrected chi connectivity index (χ3v) is 7.52. The normalized spacial score (nSPS) is 17.1. The van der Waals surface area contributed by atoms with Crippen molar-refractivity contribution in [3.8, 4) is 6.07 Å². The number of aliphatic imine (C=N–C) groups is 1. The fourth-order valence-electron chi connectivity index (χ4n) is 5.65. The van der Waals surface area contributed by atoms with E-state index in [0.29, 0.717) is 65.4 Å². The fraction of sp³-hybridized carbons (Fsp3) is 0.265. The summed E-state index contributed by atoms with van der Waals surface area (Å²) in [4.78, 5) is 21.0. The number of rotatable bonds is 8. The Bertz CT molecular complexity index is 1730. The van der Waals surface area contributed by atoms with Crippen LogP contribution in [0.5, 0.6) is 0 Å². The Kier molecular flexibility index (Phi) is 7.30. The molecule has 0 aliphatic carbocycles. The maximum atomic E-state index is 14.0. The summed E-state index contributed by atoms with van der Waals surface area (Å²) in [6.07, 6.45) is 2.18. The Morgan fingerprint density at radius 2 is 1.80 bits per heavy atom. The van der Waals surface area contributed by atoms with Gasteiger partial charge >= 0.3 is 0 Å². The van der Waals surface area contributed by atoms with Gasteiger partial charge in [-0.15, -0.1) is 0 Å².